The van der Waals surface area contributed by atoms with Crippen LogP contribution in [-0.4, -0.2) is 27.8 Å². The summed E-state index contributed by atoms with van der Waals surface area (Å²) >= 11 is 2.86. The maximum atomic E-state index is 12.5. The average Bonchev–Trinajstić information content (AvgIpc) is 2.89. The van der Waals surface area contributed by atoms with E-state index in [1.165, 1.54) is 22.2 Å². The number of carbonyl (C=O) groups excluding carboxylic acids is 1. The molecule has 0 amide bonds. The lowest BCUT2D eigenvalue weighted by molar-refractivity contribution is -0.142. The fourth-order valence-corrected chi connectivity index (χ4v) is 5.16. The Morgan fingerprint density at radius 1 is 1.54 bits per heavy atom. The van der Waals surface area contributed by atoms with Crippen molar-refractivity contribution in [2.24, 2.45) is 5.92 Å². The van der Waals surface area contributed by atoms with Crippen LogP contribution in [0.25, 0.3) is 10.2 Å². The van der Waals surface area contributed by atoms with Gasteiger partial charge in [0.2, 0.25) is 0 Å². The number of nitrogens with one attached hydrogen (secondary N) is 1. The Morgan fingerprint density at radius 3 is 3.08 bits per heavy atom. The van der Waals surface area contributed by atoms with Crippen LogP contribution in [0.15, 0.2) is 9.95 Å². The molecule has 2 heterocycles. The van der Waals surface area contributed by atoms with Gasteiger partial charge in [0.05, 0.1) is 12.0 Å². The second kappa shape index (κ2) is 7.27. The number of hydrogen-bond acceptors (Lipinski definition) is 6. The fourth-order valence-electron chi connectivity index (χ4n) is 2.92. The molecule has 0 aromatic carbocycles. The first-order valence-corrected chi connectivity index (χ1v) is 10.1. The highest BCUT2D eigenvalue weighted by molar-refractivity contribution is 8.00. The van der Waals surface area contributed by atoms with Crippen molar-refractivity contribution in [3.63, 3.8) is 0 Å². The van der Waals surface area contributed by atoms with E-state index in [2.05, 4.69) is 16.9 Å². The predicted molar refractivity (Wildman–Crippen MR) is 98.0 cm³/mol. The minimum atomic E-state index is -0.397. The molecule has 5 nitrogen and oxygen atoms in total. The molecule has 24 heavy (non-hydrogen) atoms. The maximum Gasteiger partial charge on any atom is 0.319 e. The van der Waals surface area contributed by atoms with Crippen molar-refractivity contribution < 1.29 is 9.53 Å². The van der Waals surface area contributed by atoms with Crippen molar-refractivity contribution in [3.05, 3.63) is 20.8 Å². The molecule has 0 fully saturated rings. The topological polar surface area (TPSA) is 72.0 Å². The third kappa shape index (κ3) is 3.52. The van der Waals surface area contributed by atoms with Crippen LogP contribution in [-0.2, 0) is 22.4 Å². The third-order valence-corrected chi connectivity index (χ3v) is 6.32. The Labute approximate surface area is 149 Å². The van der Waals surface area contributed by atoms with Crippen LogP contribution in [0.4, 0.5) is 0 Å². The highest BCUT2D eigenvalue weighted by atomic mass is 32.2. The van der Waals surface area contributed by atoms with Crippen LogP contribution < -0.4 is 5.56 Å². The molecule has 0 radical (unpaired) electrons. The van der Waals surface area contributed by atoms with Crippen LogP contribution in [0.3, 0.4) is 0 Å². The lowest BCUT2D eigenvalue weighted by atomic mass is 9.89. The number of aryl methyl sites for hydroxylation is 1. The van der Waals surface area contributed by atoms with Gasteiger partial charge in [0.25, 0.3) is 5.56 Å². The molecule has 2 aromatic rings. The Hall–Kier alpha value is -1.34. The monoisotopic (exact) mass is 366 g/mol. The first kappa shape index (κ1) is 17.5. The largest absolute Gasteiger partial charge is 0.465 e. The number of thiophene rings is 1. The van der Waals surface area contributed by atoms with Crippen LogP contribution >= 0.6 is 23.1 Å². The van der Waals surface area contributed by atoms with Gasteiger partial charge in [0.1, 0.15) is 10.1 Å². The molecular weight excluding hydrogens is 344 g/mol. The van der Waals surface area contributed by atoms with Gasteiger partial charge in [0, 0.05) is 4.88 Å². The fraction of sp³-hybridized carbons (Fsp3) is 0.588. The van der Waals surface area contributed by atoms with Gasteiger partial charge in [-0.2, -0.15) is 0 Å². The summed E-state index contributed by atoms with van der Waals surface area (Å²) in [7, 11) is 0. The second-order valence-electron chi connectivity index (χ2n) is 6.33. The SMILES string of the molecule is CCCOC(=O)[C@H](C)Sc1nc2sc3c(c2c(=O)[nH]1)CC[C@@H](C)C3. The average molecular weight is 367 g/mol. The number of aromatic amines is 1. The smallest absolute Gasteiger partial charge is 0.319 e. The Morgan fingerprint density at radius 2 is 2.33 bits per heavy atom. The number of fused-ring (bicyclic) bond motifs is 3. The number of aromatic nitrogens is 2. The molecule has 1 N–H and O–H groups in total. The summed E-state index contributed by atoms with van der Waals surface area (Å²) in [5.74, 6) is 0.385. The lowest BCUT2D eigenvalue weighted by Gasteiger charge is -2.17. The zero-order valence-corrected chi connectivity index (χ0v) is 15.8. The number of nitrogens with zero attached hydrogens (tertiary/aromatic N) is 1. The normalized spacial score (nSPS) is 18.4. The van der Waals surface area contributed by atoms with E-state index in [0.29, 0.717) is 17.7 Å². The van der Waals surface area contributed by atoms with Gasteiger partial charge in [-0.3, -0.25) is 9.59 Å². The number of thioether (sulfide) groups is 1. The van der Waals surface area contributed by atoms with E-state index in [1.54, 1.807) is 18.3 Å². The quantitative estimate of drug-likeness (QED) is 0.498. The molecule has 2 aromatic heterocycles. The Kier molecular flexibility index (Phi) is 5.30. The van der Waals surface area contributed by atoms with Gasteiger partial charge in [-0.05, 0) is 44.1 Å². The van der Waals surface area contributed by atoms with Crippen LogP contribution in [0.5, 0.6) is 0 Å². The molecule has 1 aliphatic rings. The number of esters is 1. The highest BCUT2D eigenvalue weighted by Gasteiger charge is 2.24. The molecule has 7 heteroatoms. The minimum Gasteiger partial charge on any atom is -0.465 e. The number of carbonyl (C=O) groups is 1. The van der Waals surface area contributed by atoms with Crippen molar-refractivity contribution in [2.45, 2.75) is 56.9 Å². The molecule has 0 unspecified atom stereocenters. The summed E-state index contributed by atoms with van der Waals surface area (Å²) in [6.07, 6.45) is 3.89. The van der Waals surface area contributed by atoms with Gasteiger partial charge in [-0.15, -0.1) is 11.3 Å². The third-order valence-electron chi connectivity index (χ3n) is 4.21. The van der Waals surface area contributed by atoms with Crippen LogP contribution in [0, 0.1) is 5.92 Å². The van der Waals surface area contributed by atoms with Gasteiger partial charge in [-0.25, -0.2) is 4.98 Å². The summed E-state index contributed by atoms with van der Waals surface area (Å²) in [6.45, 7) is 6.39. The summed E-state index contributed by atoms with van der Waals surface area (Å²) < 4.78 is 5.14. The molecule has 2 atom stereocenters. The van der Waals surface area contributed by atoms with Crippen molar-refractivity contribution in [3.8, 4) is 0 Å². The first-order chi connectivity index (χ1) is 11.5. The summed E-state index contributed by atoms with van der Waals surface area (Å²) in [6, 6.07) is 0. The molecular formula is C17H22N2O3S2. The van der Waals surface area contributed by atoms with Crippen LogP contribution in [0.1, 0.15) is 44.1 Å². The molecule has 1 aliphatic carbocycles. The van der Waals surface area contributed by atoms with E-state index in [9.17, 15) is 9.59 Å². The van der Waals surface area contributed by atoms with E-state index in [-0.39, 0.29) is 11.5 Å². The molecule has 0 saturated heterocycles. The Bertz CT molecular complexity index is 812. The number of hydrogen-bond donors (Lipinski definition) is 1. The van der Waals surface area contributed by atoms with Crippen molar-refractivity contribution in [1.29, 1.82) is 0 Å². The predicted octanol–water partition coefficient (Wildman–Crippen LogP) is 3.54. The molecule has 0 spiro atoms. The summed E-state index contributed by atoms with van der Waals surface area (Å²) in [5, 5.41) is 0.833. The van der Waals surface area contributed by atoms with Gasteiger partial charge in [0.15, 0.2) is 5.16 Å². The molecule has 130 valence electrons. The highest BCUT2D eigenvalue weighted by Crippen LogP contribution is 2.36. The van der Waals surface area contributed by atoms with E-state index >= 15 is 0 Å². The summed E-state index contributed by atoms with van der Waals surface area (Å²) in [5.41, 5.74) is 1.08. The second-order valence-corrected chi connectivity index (χ2v) is 8.74. The zero-order chi connectivity index (χ0) is 17.3. The van der Waals surface area contributed by atoms with Crippen molar-refractivity contribution in [1.82, 2.24) is 9.97 Å². The van der Waals surface area contributed by atoms with E-state index in [1.807, 2.05) is 6.92 Å². The Balaban J connectivity index is 1.86. The van der Waals surface area contributed by atoms with Gasteiger partial charge < -0.3 is 9.72 Å². The summed E-state index contributed by atoms with van der Waals surface area (Å²) in [4.78, 5) is 33.9. The minimum absolute atomic E-state index is 0.0938. The lowest BCUT2D eigenvalue weighted by Crippen LogP contribution is -2.19. The van der Waals surface area contributed by atoms with E-state index < -0.39 is 5.25 Å². The molecule has 0 aliphatic heterocycles. The van der Waals surface area contributed by atoms with Crippen molar-refractivity contribution in [2.75, 3.05) is 6.61 Å². The number of rotatable bonds is 5. The molecule has 0 bridgehead atoms. The first-order valence-electron chi connectivity index (χ1n) is 8.37. The standard InChI is InChI=1S/C17H22N2O3S2/c1-4-7-22-16(21)10(3)23-17-18-14(20)13-11-6-5-9(2)8-12(11)24-15(13)19-17/h9-10H,4-8H2,1-3H3,(H,18,19,20)/t9-,10+/m1/s1. The molecule has 0 saturated carbocycles. The van der Waals surface area contributed by atoms with Crippen LogP contribution in [0.2, 0.25) is 0 Å². The van der Waals surface area contributed by atoms with Gasteiger partial charge >= 0.3 is 5.97 Å². The van der Waals surface area contributed by atoms with E-state index in [4.69, 9.17) is 4.74 Å². The molecule has 3 rings (SSSR count). The van der Waals surface area contributed by atoms with Crippen molar-refractivity contribution >= 4 is 39.3 Å². The zero-order valence-electron chi connectivity index (χ0n) is 14.2. The van der Waals surface area contributed by atoms with E-state index in [0.717, 1.165) is 35.9 Å². The van der Waals surface area contributed by atoms with Gasteiger partial charge in [-0.1, -0.05) is 25.6 Å². The number of H-pyrrole nitrogens is 1. The maximum absolute atomic E-state index is 12.5. The number of ether oxygens (including phenoxy) is 1.